The van der Waals surface area contributed by atoms with Crippen LogP contribution in [-0.2, 0) is 6.54 Å². The van der Waals surface area contributed by atoms with Crippen LogP contribution in [0.4, 0.5) is 18.9 Å². The van der Waals surface area contributed by atoms with Crippen molar-refractivity contribution in [2.45, 2.75) is 12.7 Å². The van der Waals surface area contributed by atoms with E-state index in [2.05, 4.69) is 5.32 Å². The number of alkyl halides is 3. The zero-order valence-corrected chi connectivity index (χ0v) is 10.7. The van der Waals surface area contributed by atoms with Gasteiger partial charge in [0.2, 0.25) is 0 Å². The molecule has 0 saturated carbocycles. The largest absolute Gasteiger partial charge is 0.482 e. The Kier molecular flexibility index (Phi) is 4.50. The maximum atomic E-state index is 12.2. The van der Waals surface area contributed by atoms with E-state index in [1.807, 2.05) is 30.3 Å². The molecule has 0 radical (unpaired) electrons. The number of benzene rings is 2. The predicted octanol–water partition coefficient (Wildman–Crippen LogP) is 4.24. The summed E-state index contributed by atoms with van der Waals surface area (Å²) in [6.07, 6.45) is -4.34. The summed E-state index contributed by atoms with van der Waals surface area (Å²) in [7, 11) is 0. The van der Waals surface area contributed by atoms with Gasteiger partial charge in [0.05, 0.1) is 5.69 Å². The second-order valence-electron chi connectivity index (χ2n) is 4.24. The van der Waals surface area contributed by atoms with Crippen LogP contribution in [-0.4, -0.2) is 12.8 Å². The van der Waals surface area contributed by atoms with Gasteiger partial charge in [-0.25, -0.2) is 0 Å². The van der Waals surface area contributed by atoms with Gasteiger partial charge in [0, 0.05) is 6.54 Å². The van der Waals surface area contributed by atoms with E-state index in [-0.39, 0.29) is 5.75 Å². The lowest BCUT2D eigenvalue weighted by molar-refractivity contribution is -0.153. The molecule has 0 aromatic heterocycles. The van der Waals surface area contributed by atoms with Crippen LogP contribution >= 0.6 is 0 Å². The van der Waals surface area contributed by atoms with E-state index in [0.29, 0.717) is 12.2 Å². The summed E-state index contributed by atoms with van der Waals surface area (Å²) in [6, 6.07) is 16.2. The third-order valence-electron chi connectivity index (χ3n) is 2.60. The first-order valence-electron chi connectivity index (χ1n) is 6.11. The fourth-order valence-corrected chi connectivity index (χ4v) is 1.69. The molecule has 0 aliphatic heterocycles. The number of hydrogen-bond acceptors (Lipinski definition) is 2. The normalized spacial score (nSPS) is 11.2. The zero-order valence-electron chi connectivity index (χ0n) is 10.7. The summed E-state index contributed by atoms with van der Waals surface area (Å²) in [5.74, 6) is 0.195. The first-order chi connectivity index (χ1) is 9.54. The van der Waals surface area contributed by atoms with Crippen LogP contribution in [0.25, 0.3) is 0 Å². The highest BCUT2D eigenvalue weighted by molar-refractivity contribution is 5.56. The Morgan fingerprint density at radius 2 is 1.55 bits per heavy atom. The van der Waals surface area contributed by atoms with Crippen LogP contribution < -0.4 is 10.1 Å². The molecule has 0 aliphatic rings. The van der Waals surface area contributed by atoms with Crippen LogP contribution in [0.1, 0.15) is 5.56 Å². The molecule has 2 aromatic rings. The maximum absolute atomic E-state index is 12.2. The molecule has 2 rings (SSSR count). The van der Waals surface area contributed by atoms with Gasteiger partial charge in [0.15, 0.2) is 6.61 Å². The second kappa shape index (κ2) is 6.32. The smallest absolute Gasteiger partial charge is 0.422 e. The van der Waals surface area contributed by atoms with Crippen LogP contribution in [0.3, 0.4) is 0 Å². The van der Waals surface area contributed by atoms with Gasteiger partial charge in [0.25, 0.3) is 0 Å². The minimum Gasteiger partial charge on any atom is -0.482 e. The lowest BCUT2D eigenvalue weighted by Gasteiger charge is -2.14. The zero-order chi connectivity index (χ0) is 14.4. The minimum absolute atomic E-state index is 0.195. The van der Waals surface area contributed by atoms with Crippen molar-refractivity contribution in [3.8, 4) is 5.75 Å². The maximum Gasteiger partial charge on any atom is 0.422 e. The van der Waals surface area contributed by atoms with Crippen molar-refractivity contribution in [3.05, 3.63) is 60.2 Å². The first-order valence-corrected chi connectivity index (χ1v) is 6.11. The molecule has 0 bridgehead atoms. The van der Waals surface area contributed by atoms with Gasteiger partial charge >= 0.3 is 6.18 Å². The number of rotatable bonds is 5. The van der Waals surface area contributed by atoms with Crippen molar-refractivity contribution in [2.75, 3.05) is 11.9 Å². The number of hydrogen-bond donors (Lipinski definition) is 1. The molecule has 2 aromatic carbocycles. The van der Waals surface area contributed by atoms with Crippen LogP contribution in [0, 0.1) is 0 Å². The predicted molar refractivity (Wildman–Crippen MR) is 71.8 cm³/mol. The number of anilines is 1. The molecule has 0 saturated heterocycles. The summed E-state index contributed by atoms with van der Waals surface area (Å²) in [5, 5.41) is 3.07. The van der Waals surface area contributed by atoms with E-state index in [1.54, 1.807) is 18.2 Å². The molecule has 0 aliphatic carbocycles. The van der Waals surface area contributed by atoms with Crippen molar-refractivity contribution in [1.29, 1.82) is 0 Å². The van der Waals surface area contributed by atoms with E-state index < -0.39 is 12.8 Å². The van der Waals surface area contributed by atoms with Gasteiger partial charge in [-0.05, 0) is 17.7 Å². The Hall–Kier alpha value is -2.17. The van der Waals surface area contributed by atoms with Crippen LogP contribution in [0.2, 0.25) is 0 Å². The highest BCUT2D eigenvalue weighted by Crippen LogP contribution is 2.26. The number of halogens is 3. The molecule has 0 heterocycles. The summed E-state index contributed by atoms with van der Waals surface area (Å²) in [5.41, 5.74) is 1.58. The fraction of sp³-hybridized carbons (Fsp3) is 0.200. The Morgan fingerprint density at radius 3 is 2.25 bits per heavy atom. The van der Waals surface area contributed by atoms with Gasteiger partial charge < -0.3 is 10.1 Å². The Bertz CT molecular complexity index is 540. The molecule has 5 heteroatoms. The van der Waals surface area contributed by atoms with Crippen molar-refractivity contribution in [2.24, 2.45) is 0 Å². The SMILES string of the molecule is FC(F)(F)COc1ccccc1NCc1ccccc1. The number of ether oxygens (including phenoxy) is 1. The van der Waals surface area contributed by atoms with Crippen molar-refractivity contribution >= 4 is 5.69 Å². The molecule has 106 valence electrons. The molecule has 0 atom stereocenters. The molecule has 1 N–H and O–H groups in total. The summed E-state index contributed by atoms with van der Waals surface area (Å²) < 4.78 is 41.3. The second-order valence-corrected chi connectivity index (χ2v) is 4.24. The van der Waals surface area contributed by atoms with Gasteiger partial charge in [-0.15, -0.1) is 0 Å². The molecule has 20 heavy (non-hydrogen) atoms. The van der Waals surface area contributed by atoms with Crippen molar-refractivity contribution < 1.29 is 17.9 Å². The monoisotopic (exact) mass is 281 g/mol. The quantitative estimate of drug-likeness (QED) is 0.885. The standard InChI is InChI=1S/C15H14F3NO/c16-15(17,18)11-20-14-9-5-4-8-13(14)19-10-12-6-2-1-3-7-12/h1-9,19H,10-11H2. The fourth-order valence-electron chi connectivity index (χ4n) is 1.69. The molecular formula is C15H14F3NO. The van der Waals surface area contributed by atoms with Gasteiger partial charge in [0.1, 0.15) is 5.75 Å². The molecule has 0 amide bonds. The van der Waals surface area contributed by atoms with Gasteiger partial charge in [-0.1, -0.05) is 42.5 Å². The Labute approximate surface area is 115 Å². The summed E-state index contributed by atoms with van der Waals surface area (Å²) >= 11 is 0. The molecule has 2 nitrogen and oxygen atoms in total. The van der Waals surface area contributed by atoms with E-state index in [1.165, 1.54) is 6.07 Å². The summed E-state index contributed by atoms with van der Waals surface area (Å²) in [6.45, 7) is -0.774. The molecular weight excluding hydrogens is 267 g/mol. The highest BCUT2D eigenvalue weighted by Gasteiger charge is 2.28. The third-order valence-corrected chi connectivity index (χ3v) is 2.60. The van der Waals surface area contributed by atoms with E-state index in [4.69, 9.17) is 4.74 Å². The Balaban J connectivity index is 2.01. The summed E-state index contributed by atoms with van der Waals surface area (Å²) in [4.78, 5) is 0. The highest BCUT2D eigenvalue weighted by atomic mass is 19.4. The van der Waals surface area contributed by atoms with Crippen molar-refractivity contribution in [1.82, 2.24) is 0 Å². The van der Waals surface area contributed by atoms with Gasteiger partial charge in [-0.3, -0.25) is 0 Å². The lowest BCUT2D eigenvalue weighted by atomic mass is 10.2. The van der Waals surface area contributed by atoms with E-state index in [0.717, 1.165) is 5.56 Å². The van der Waals surface area contributed by atoms with Crippen LogP contribution in [0.15, 0.2) is 54.6 Å². The molecule has 0 fully saturated rings. The lowest BCUT2D eigenvalue weighted by Crippen LogP contribution is -2.19. The van der Waals surface area contributed by atoms with Crippen molar-refractivity contribution in [3.63, 3.8) is 0 Å². The molecule has 0 spiro atoms. The average Bonchev–Trinajstić information content (AvgIpc) is 2.44. The van der Waals surface area contributed by atoms with Crippen LogP contribution in [0.5, 0.6) is 5.75 Å². The van der Waals surface area contributed by atoms with E-state index >= 15 is 0 Å². The Morgan fingerprint density at radius 1 is 0.900 bits per heavy atom. The number of nitrogens with one attached hydrogen (secondary N) is 1. The van der Waals surface area contributed by atoms with Gasteiger partial charge in [-0.2, -0.15) is 13.2 Å². The topological polar surface area (TPSA) is 21.3 Å². The average molecular weight is 281 g/mol. The number of para-hydroxylation sites is 2. The molecule has 0 unspecified atom stereocenters. The third kappa shape index (κ3) is 4.50. The van der Waals surface area contributed by atoms with E-state index in [9.17, 15) is 13.2 Å². The first kappa shape index (κ1) is 14.2. The minimum atomic E-state index is -4.34.